The predicted molar refractivity (Wildman–Crippen MR) is 93.0 cm³/mol. The van der Waals surface area contributed by atoms with Gasteiger partial charge in [0.1, 0.15) is 0 Å². The van der Waals surface area contributed by atoms with Gasteiger partial charge in [-0.2, -0.15) is 0 Å². The molecule has 1 heterocycles. The third-order valence-corrected chi connectivity index (χ3v) is 4.55. The Labute approximate surface area is 133 Å². The number of aryl methyl sites for hydroxylation is 1. The van der Waals surface area contributed by atoms with Gasteiger partial charge in [0, 0.05) is 23.0 Å². The standard InChI is InChI=1S/C16H30N4S/c1-11(2)7-6-8-13(4)20-16(17)19-9-12(3)15-18-10-14(5)21-15/h10-13H,6-9H2,1-5H3,(H3,17,19,20). The van der Waals surface area contributed by atoms with Gasteiger partial charge in [0.25, 0.3) is 0 Å². The third kappa shape index (κ3) is 7.46. The van der Waals surface area contributed by atoms with Crippen molar-refractivity contribution in [2.45, 2.75) is 65.8 Å². The summed E-state index contributed by atoms with van der Waals surface area (Å²) in [6.07, 6.45) is 5.55. The molecule has 0 aliphatic rings. The number of aliphatic imine (C=N–C) groups is 1. The minimum atomic E-state index is 0.320. The topological polar surface area (TPSA) is 63.3 Å². The van der Waals surface area contributed by atoms with Crippen molar-refractivity contribution in [2.24, 2.45) is 16.6 Å². The molecular formula is C16H30N4S. The Morgan fingerprint density at radius 2 is 2.05 bits per heavy atom. The van der Waals surface area contributed by atoms with Crippen LogP contribution < -0.4 is 11.1 Å². The molecule has 1 rings (SSSR count). The smallest absolute Gasteiger partial charge is 0.188 e. The molecule has 0 saturated carbocycles. The number of nitrogens with zero attached hydrogens (tertiary/aromatic N) is 2. The Hall–Kier alpha value is -1.10. The lowest BCUT2D eigenvalue weighted by atomic mass is 10.0. The number of nitrogens with one attached hydrogen (secondary N) is 1. The summed E-state index contributed by atoms with van der Waals surface area (Å²) in [5.41, 5.74) is 5.96. The lowest BCUT2D eigenvalue weighted by Gasteiger charge is -2.15. The van der Waals surface area contributed by atoms with E-state index in [0.717, 1.165) is 17.3 Å². The van der Waals surface area contributed by atoms with E-state index in [9.17, 15) is 0 Å². The van der Waals surface area contributed by atoms with Crippen molar-refractivity contribution in [1.29, 1.82) is 0 Å². The summed E-state index contributed by atoms with van der Waals surface area (Å²) in [6, 6.07) is 0.380. The lowest BCUT2D eigenvalue weighted by molar-refractivity contribution is 0.493. The van der Waals surface area contributed by atoms with Gasteiger partial charge >= 0.3 is 0 Å². The van der Waals surface area contributed by atoms with Crippen LogP contribution in [0, 0.1) is 12.8 Å². The first-order chi connectivity index (χ1) is 9.88. The fourth-order valence-corrected chi connectivity index (χ4v) is 2.93. The summed E-state index contributed by atoms with van der Waals surface area (Å²) in [4.78, 5) is 10.1. The normalized spacial score (nSPS) is 15.2. The monoisotopic (exact) mass is 310 g/mol. The van der Waals surface area contributed by atoms with Crippen LogP contribution in [0.1, 0.15) is 62.8 Å². The molecule has 5 heteroatoms. The minimum Gasteiger partial charge on any atom is -0.370 e. The van der Waals surface area contributed by atoms with Crippen LogP contribution in [0.25, 0.3) is 0 Å². The summed E-state index contributed by atoms with van der Waals surface area (Å²) in [5.74, 6) is 1.64. The molecule has 0 radical (unpaired) electrons. The first kappa shape index (κ1) is 18.0. The van der Waals surface area contributed by atoms with E-state index in [0.29, 0.717) is 24.5 Å². The molecule has 0 aliphatic carbocycles. The molecule has 0 fully saturated rings. The Balaban J connectivity index is 2.32. The number of nitrogens with two attached hydrogens (primary N) is 1. The Morgan fingerprint density at radius 1 is 1.33 bits per heavy atom. The van der Waals surface area contributed by atoms with Gasteiger partial charge in [-0.1, -0.05) is 33.6 Å². The highest BCUT2D eigenvalue weighted by Crippen LogP contribution is 2.21. The summed E-state index contributed by atoms with van der Waals surface area (Å²) in [6.45, 7) is 11.6. The first-order valence-corrected chi connectivity index (χ1v) is 8.69. The molecule has 0 aromatic carbocycles. The zero-order valence-corrected chi connectivity index (χ0v) is 14.8. The van der Waals surface area contributed by atoms with E-state index in [-0.39, 0.29) is 0 Å². The molecule has 1 aromatic heterocycles. The van der Waals surface area contributed by atoms with Gasteiger partial charge in [-0.15, -0.1) is 11.3 Å². The van der Waals surface area contributed by atoms with E-state index in [4.69, 9.17) is 5.73 Å². The minimum absolute atomic E-state index is 0.320. The van der Waals surface area contributed by atoms with E-state index in [1.807, 2.05) is 6.20 Å². The van der Waals surface area contributed by atoms with Crippen LogP contribution in [0.5, 0.6) is 0 Å². The molecule has 0 aliphatic heterocycles. The molecular weight excluding hydrogens is 280 g/mol. The van der Waals surface area contributed by atoms with E-state index >= 15 is 0 Å². The summed E-state index contributed by atoms with van der Waals surface area (Å²) < 4.78 is 0. The third-order valence-electron chi connectivity index (χ3n) is 3.41. The summed E-state index contributed by atoms with van der Waals surface area (Å²) in [5, 5.41) is 4.41. The average molecular weight is 311 g/mol. The van der Waals surface area contributed by atoms with Crippen LogP contribution in [-0.2, 0) is 0 Å². The van der Waals surface area contributed by atoms with Crippen LogP contribution in [0.2, 0.25) is 0 Å². The first-order valence-electron chi connectivity index (χ1n) is 7.87. The second-order valence-corrected chi connectivity index (χ2v) is 7.57. The van der Waals surface area contributed by atoms with Crippen molar-refractivity contribution in [3.05, 3.63) is 16.1 Å². The second kappa shape index (κ2) is 9.03. The highest BCUT2D eigenvalue weighted by molar-refractivity contribution is 7.11. The maximum Gasteiger partial charge on any atom is 0.188 e. The van der Waals surface area contributed by atoms with Crippen LogP contribution in [0.3, 0.4) is 0 Å². The molecule has 21 heavy (non-hydrogen) atoms. The number of aromatic nitrogens is 1. The Kier molecular flexibility index (Phi) is 7.72. The Bertz CT molecular complexity index is 439. The molecule has 1 aromatic rings. The van der Waals surface area contributed by atoms with Crippen molar-refractivity contribution in [1.82, 2.24) is 10.3 Å². The highest BCUT2D eigenvalue weighted by Gasteiger charge is 2.09. The Morgan fingerprint density at radius 3 is 2.62 bits per heavy atom. The number of guanidine groups is 1. The van der Waals surface area contributed by atoms with Crippen LogP contribution in [0.15, 0.2) is 11.2 Å². The highest BCUT2D eigenvalue weighted by atomic mass is 32.1. The van der Waals surface area contributed by atoms with Crippen LogP contribution in [-0.4, -0.2) is 23.5 Å². The number of rotatable bonds is 8. The number of hydrogen-bond acceptors (Lipinski definition) is 3. The fourth-order valence-electron chi connectivity index (χ4n) is 2.12. The van der Waals surface area contributed by atoms with Crippen molar-refractivity contribution < 1.29 is 0 Å². The second-order valence-electron chi connectivity index (χ2n) is 6.31. The largest absolute Gasteiger partial charge is 0.370 e. The number of thiazole rings is 1. The van der Waals surface area contributed by atoms with Gasteiger partial charge in [-0.05, 0) is 26.2 Å². The maximum absolute atomic E-state index is 5.96. The molecule has 120 valence electrons. The van der Waals surface area contributed by atoms with E-state index in [2.05, 4.69) is 49.9 Å². The van der Waals surface area contributed by atoms with Crippen molar-refractivity contribution in [3.8, 4) is 0 Å². The van der Waals surface area contributed by atoms with Crippen LogP contribution in [0.4, 0.5) is 0 Å². The van der Waals surface area contributed by atoms with E-state index in [1.165, 1.54) is 17.7 Å². The van der Waals surface area contributed by atoms with Gasteiger partial charge in [0.15, 0.2) is 5.96 Å². The van der Waals surface area contributed by atoms with Crippen LogP contribution >= 0.6 is 11.3 Å². The SMILES string of the molecule is Cc1cnc(C(C)CN=C(N)NC(C)CCCC(C)C)s1. The zero-order chi connectivity index (χ0) is 15.8. The van der Waals surface area contributed by atoms with Crippen molar-refractivity contribution in [2.75, 3.05) is 6.54 Å². The fraction of sp³-hybridized carbons (Fsp3) is 0.750. The molecule has 0 bridgehead atoms. The molecule has 4 nitrogen and oxygen atoms in total. The van der Waals surface area contributed by atoms with E-state index in [1.54, 1.807) is 11.3 Å². The molecule has 0 spiro atoms. The predicted octanol–water partition coefficient (Wildman–Crippen LogP) is 3.67. The van der Waals surface area contributed by atoms with Crippen molar-refractivity contribution in [3.63, 3.8) is 0 Å². The maximum atomic E-state index is 5.96. The molecule has 2 atom stereocenters. The summed E-state index contributed by atoms with van der Waals surface area (Å²) in [7, 11) is 0. The van der Waals surface area contributed by atoms with Gasteiger partial charge in [-0.3, -0.25) is 4.99 Å². The number of hydrogen-bond donors (Lipinski definition) is 2. The molecule has 0 saturated heterocycles. The lowest BCUT2D eigenvalue weighted by Crippen LogP contribution is -2.38. The van der Waals surface area contributed by atoms with Crippen molar-refractivity contribution >= 4 is 17.3 Å². The zero-order valence-electron chi connectivity index (χ0n) is 14.0. The van der Waals surface area contributed by atoms with Gasteiger partial charge in [0.2, 0.25) is 0 Å². The van der Waals surface area contributed by atoms with E-state index < -0.39 is 0 Å². The molecule has 2 unspecified atom stereocenters. The van der Waals surface area contributed by atoms with Gasteiger partial charge < -0.3 is 11.1 Å². The quantitative estimate of drug-likeness (QED) is 0.569. The average Bonchev–Trinajstić information content (AvgIpc) is 2.82. The molecule has 0 amide bonds. The summed E-state index contributed by atoms with van der Waals surface area (Å²) >= 11 is 1.73. The van der Waals surface area contributed by atoms with Gasteiger partial charge in [0.05, 0.1) is 11.6 Å². The van der Waals surface area contributed by atoms with Gasteiger partial charge in [-0.25, -0.2) is 4.98 Å². The molecule has 3 N–H and O–H groups in total.